The summed E-state index contributed by atoms with van der Waals surface area (Å²) in [6.07, 6.45) is 1.82. The molecule has 7 nitrogen and oxygen atoms in total. The van der Waals surface area contributed by atoms with Crippen molar-refractivity contribution in [2.45, 2.75) is 24.9 Å². The number of thiophene rings is 1. The van der Waals surface area contributed by atoms with Crippen molar-refractivity contribution in [3.05, 3.63) is 52.2 Å². The molecule has 0 N–H and O–H groups in total. The predicted octanol–water partition coefficient (Wildman–Crippen LogP) is 3.68. The highest BCUT2D eigenvalue weighted by atomic mass is 32.1. The number of morpholine rings is 1. The molecule has 1 aromatic carbocycles. The molecule has 5 rings (SSSR count). The maximum Gasteiger partial charge on any atom is 0.276 e. The van der Waals surface area contributed by atoms with Gasteiger partial charge in [0.15, 0.2) is 5.69 Å². The number of carbonyl (C=O) groups excluding carboxylic acids is 2. The lowest BCUT2D eigenvalue weighted by Gasteiger charge is -2.33. The fourth-order valence-corrected chi connectivity index (χ4v) is 5.14. The average Bonchev–Trinajstić information content (AvgIpc) is 3.36. The van der Waals surface area contributed by atoms with Gasteiger partial charge in [0, 0.05) is 42.9 Å². The smallest absolute Gasteiger partial charge is 0.276 e. The van der Waals surface area contributed by atoms with Gasteiger partial charge in [-0.3, -0.25) is 9.59 Å². The molecule has 2 aromatic heterocycles. The fourth-order valence-electron chi connectivity index (χ4n) is 3.87. The first-order valence-electron chi connectivity index (χ1n) is 10.1. The second-order valence-corrected chi connectivity index (χ2v) is 9.09. The zero-order valence-corrected chi connectivity index (χ0v) is 17.8. The molecule has 1 saturated carbocycles. The Labute approximate surface area is 178 Å². The summed E-state index contributed by atoms with van der Waals surface area (Å²) in [4.78, 5) is 29.9. The van der Waals surface area contributed by atoms with Crippen LogP contribution in [0.3, 0.4) is 0 Å². The maximum atomic E-state index is 13.0. The lowest BCUT2D eigenvalue weighted by Crippen LogP contribution is -2.42. The Morgan fingerprint density at radius 1 is 1.23 bits per heavy atom. The SMILES string of the molecule is CN(C)C(=O)c1sc2ccccc2c1[C@H]1CN(C(=O)c2cc(C3CC3)on2)CCO1. The van der Waals surface area contributed by atoms with Crippen LogP contribution in [0.2, 0.25) is 0 Å². The summed E-state index contributed by atoms with van der Waals surface area (Å²) in [5.74, 6) is 1.00. The number of amides is 2. The minimum absolute atomic E-state index is 0.0520. The number of nitrogens with zero attached hydrogens (tertiary/aromatic N) is 3. The summed E-state index contributed by atoms with van der Waals surface area (Å²) >= 11 is 1.47. The maximum absolute atomic E-state index is 13.0. The Kier molecular flexibility index (Phi) is 4.83. The summed E-state index contributed by atoms with van der Waals surface area (Å²) < 4.78 is 12.5. The van der Waals surface area contributed by atoms with Crippen LogP contribution >= 0.6 is 11.3 Å². The van der Waals surface area contributed by atoms with Crippen LogP contribution in [0.15, 0.2) is 34.9 Å². The molecule has 3 aromatic rings. The van der Waals surface area contributed by atoms with Crippen molar-refractivity contribution in [1.29, 1.82) is 0 Å². The van der Waals surface area contributed by atoms with Crippen molar-refractivity contribution >= 4 is 33.2 Å². The number of hydrogen-bond donors (Lipinski definition) is 0. The van der Waals surface area contributed by atoms with Gasteiger partial charge < -0.3 is 19.1 Å². The van der Waals surface area contributed by atoms with Crippen LogP contribution in [0.4, 0.5) is 0 Å². The molecule has 2 amide bonds. The summed E-state index contributed by atoms with van der Waals surface area (Å²) in [5, 5.41) is 5.00. The number of ether oxygens (including phenoxy) is 1. The minimum atomic E-state index is -0.368. The molecule has 0 bridgehead atoms. The van der Waals surface area contributed by atoms with Crippen molar-refractivity contribution in [2.75, 3.05) is 33.8 Å². The lowest BCUT2D eigenvalue weighted by molar-refractivity contribution is -0.0226. The molecule has 3 heterocycles. The number of aromatic nitrogens is 1. The van der Waals surface area contributed by atoms with Crippen LogP contribution in [0.25, 0.3) is 10.1 Å². The number of carbonyl (C=O) groups is 2. The van der Waals surface area contributed by atoms with Crippen molar-refractivity contribution < 1.29 is 18.8 Å². The highest BCUT2D eigenvalue weighted by Crippen LogP contribution is 2.41. The molecule has 1 atom stereocenters. The third-order valence-electron chi connectivity index (χ3n) is 5.64. The van der Waals surface area contributed by atoms with Gasteiger partial charge in [0.2, 0.25) is 0 Å². The second kappa shape index (κ2) is 7.52. The summed E-state index contributed by atoms with van der Waals surface area (Å²) in [6.45, 7) is 1.27. The average molecular weight is 426 g/mol. The third kappa shape index (κ3) is 3.40. The Bertz CT molecular complexity index is 1110. The van der Waals surface area contributed by atoms with Crippen LogP contribution in [-0.2, 0) is 4.74 Å². The summed E-state index contributed by atoms with van der Waals surface area (Å²) in [7, 11) is 3.49. The van der Waals surface area contributed by atoms with E-state index in [4.69, 9.17) is 9.26 Å². The van der Waals surface area contributed by atoms with E-state index >= 15 is 0 Å². The first kappa shape index (κ1) is 19.3. The van der Waals surface area contributed by atoms with Crippen LogP contribution in [0.5, 0.6) is 0 Å². The van der Waals surface area contributed by atoms with E-state index in [-0.39, 0.29) is 17.9 Å². The Hall–Kier alpha value is -2.71. The quantitative estimate of drug-likeness (QED) is 0.637. The molecule has 0 unspecified atom stereocenters. The van der Waals surface area contributed by atoms with E-state index in [0.717, 1.165) is 34.3 Å². The Morgan fingerprint density at radius 3 is 2.80 bits per heavy atom. The van der Waals surface area contributed by atoms with E-state index in [2.05, 4.69) is 5.16 Å². The van der Waals surface area contributed by atoms with Crippen molar-refractivity contribution in [3.8, 4) is 0 Å². The van der Waals surface area contributed by atoms with Crippen LogP contribution in [0, 0.1) is 0 Å². The fraction of sp³-hybridized carbons (Fsp3) is 0.409. The van der Waals surface area contributed by atoms with Gasteiger partial charge in [-0.25, -0.2) is 0 Å². The highest BCUT2D eigenvalue weighted by molar-refractivity contribution is 7.21. The number of rotatable bonds is 4. The van der Waals surface area contributed by atoms with E-state index in [9.17, 15) is 9.59 Å². The number of benzene rings is 1. The van der Waals surface area contributed by atoms with E-state index in [1.54, 1.807) is 30.0 Å². The zero-order valence-electron chi connectivity index (χ0n) is 17.0. The molecular weight excluding hydrogens is 402 g/mol. The van der Waals surface area contributed by atoms with Crippen LogP contribution in [0.1, 0.15) is 56.3 Å². The molecule has 1 saturated heterocycles. The molecule has 156 valence electrons. The molecule has 8 heteroatoms. The number of fused-ring (bicyclic) bond motifs is 1. The molecule has 2 fully saturated rings. The predicted molar refractivity (Wildman–Crippen MR) is 113 cm³/mol. The molecule has 0 spiro atoms. The van der Waals surface area contributed by atoms with Crippen LogP contribution in [-0.4, -0.2) is 60.6 Å². The summed E-state index contributed by atoms with van der Waals surface area (Å²) in [6, 6.07) is 9.72. The normalized spacial score (nSPS) is 19.3. The van der Waals surface area contributed by atoms with E-state index in [1.165, 1.54) is 11.3 Å². The minimum Gasteiger partial charge on any atom is -0.370 e. The first-order chi connectivity index (χ1) is 14.5. The van der Waals surface area contributed by atoms with Gasteiger partial charge in [-0.2, -0.15) is 0 Å². The third-order valence-corrected chi connectivity index (χ3v) is 6.81. The Balaban J connectivity index is 1.45. The molecule has 0 radical (unpaired) electrons. The van der Waals surface area contributed by atoms with Gasteiger partial charge in [-0.15, -0.1) is 11.3 Å². The monoisotopic (exact) mass is 425 g/mol. The molecule has 1 aliphatic carbocycles. The van der Waals surface area contributed by atoms with Crippen molar-refractivity contribution in [3.63, 3.8) is 0 Å². The molecule has 2 aliphatic rings. The number of hydrogen-bond acceptors (Lipinski definition) is 6. The Morgan fingerprint density at radius 2 is 2.03 bits per heavy atom. The van der Waals surface area contributed by atoms with Crippen LogP contribution < -0.4 is 0 Å². The van der Waals surface area contributed by atoms with Gasteiger partial charge in [-0.1, -0.05) is 23.4 Å². The van der Waals surface area contributed by atoms with E-state index < -0.39 is 0 Å². The van der Waals surface area contributed by atoms with Crippen molar-refractivity contribution in [2.24, 2.45) is 0 Å². The van der Waals surface area contributed by atoms with Crippen molar-refractivity contribution in [1.82, 2.24) is 15.0 Å². The lowest BCUT2D eigenvalue weighted by atomic mass is 10.0. The second-order valence-electron chi connectivity index (χ2n) is 8.04. The van der Waals surface area contributed by atoms with E-state index in [0.29, 0.717) is 36.2 Å². The van der Waals surface area contributed by atoms with Gasteiger partial charge in [0.1, 0.15) is 11.9 Å². The highest BCUT2D eigenvalue weighted by Gasteiger charge is 2.34. The van der Waals surface area contributed by atoms with E-state index in [1.807, 2.05) is 24.3 Å². The van der Waals surface area contributed by atoms with Gasteiger partial charge in [0.05, 0.1) is 18.0 Å². The molecular formula is C22H23N3O4S. The largest absolute Gasteiger partial charge is 0.370 e. The van der Waals surface area contributed by atoms with Gasteiger partial charge >= 0.3 is 0 Å². The molecule has 1 aliphatic heterocycles. The standard InChI is InChI=1S/C22H23N3O4S/c1-24(2)22(27)20-19(14-5-3-4-6-18(14)30-20)17-12-25(9-10-28-17)21(26)15-11-16(29-23-15)13-7-8-13/h3-6,11,13,17H,7-10,12H2,1-2H3/t17-/m1/s1. The zero-order chi connectivity index (χ0) is 20.8. The molecule has 30 heavy (non-hydrogen) atoms. The van der Waals surface area contributed by atoms with Gasteiger partial charge in [-0.05, 0) is 24.3 Å². The summed E-state index contributed by atoms with van der Waals surface area (Å²) in [5.41, 5.74) is 1.21. The first-order valence-corrected chi connectivity index (χ1v) is 10.9. The topological polar surface area (TPSA) is 75.9 Å². The van der Waals surface area contributed by atoms with Gasteiger partial charge in [0.25, 0.3) is 11.8 Å².